The van der Waals surface area contributed by atoms with Gasteiger partial charge >= 0.3 is 11.9 Å². The highest BCUT2D eigenvalue weighted by atomic mass is 32.2. The molecule has 0 saturated carbocycles. The van der Waals surface area contributed by atoms with Crippen LogP contribution in [0.4, 0.5) is 0 Å². The van der Waals surface area contributed by atoms with Gasteiger partial charge in [0.2, 0.25) is 23.6 Å². The largest absolute Gasteiger partial charge is 0.481 e. The first-order valence-electron chi connectivity index (χ1n) is 10.7. The third kappa shape index (κ3) is 13.0. The van der Waals surface area contributed by atoms with E-state index in [9.17, 15) is 33.9 Å². The molecular formula is C20H35N5O8S. The summed E-state index contributed by atoms with van der Waals surface area (Å²) in [6.45, 7) is 3.49. The van der Waals surface area contributed by atoms with E-state index in [0.717, 1.165) is 0 Å². The van der Waals surface area contributed by atoms with Crippen LogP contribution in [0.5, 0.6) is 0 Å². The molecular weight excluding hydrogens is 470 g/mol. The molecule has 0 fully saturated rings. The zero-order valence-corrected chi connectivity index (χ0v) is 20.4. The summed E-state index contributed by atoms with van der Waals surface area (Å²) in [5, 5.41) is 25.3. The number of amides is 4. The van der Waals surface area contributed by atoms with Gasteiger partial charge in [0.05, 0.1) is 12.5 Å². The van der Waals surface area contributed by atoms with Crippen LogP contribution in [0.1, 0.15) is 46.0 Å². The SMILES string of the molecule is CSCCC(N)C(=O)NC(CCC(N)=O)C(=O)NC(CC(=O)O)C(=O)NC(CC(C)C)C(=O)O. The fourth-order valence-corrected chi connectivity index (χ4v) is 3.32. The van der Waals surface area contributed by atoms with Crippen molar-refractivity contribution in [3.05, 3.63) is 0 Å². The van der Waals surface area contributed by atoms with E-state index in [1.165, 1.54) is 11.8 Å². The van der Waals surface area contributed by atoms with Crippen molar-refractivity contribution in [2.24, 2.45) is 17.4 Å². The van der Waals surface area contributed by atoms with Gasteiger partial charge in [-0.1, -0.05) is 13.8 Å². The molecule has 0 aliphatic carbocycles. The number of rotatable bonds is 17. The molecule has 0 saturated heterocycles. The molecule has 9 N–H and O–H groups in total. The topological polar surface area (TPSA) is 231 Å². The van der Waals surface area contributed by atoms with Crippen molar-refractivity contribution < 1.29 is 39.0 Å². The van der Waals surface area contributed by atoms with Gasteiger partial charge in [-0.25, -0.2) is 4.79 Å². The maximum atomic E-state index is 12.8. The first-order valence-corrected chi connectivity index (χ1v) is 12.1. The number of nitrogens with two attached hydrogens (primary N) is 2. The van der Waals surface area contributed by atoms with Crippen LogP contribution in [0.25, 0.3) is 0 Å². The van der Waals surface area contributed by atoms with Crippen LogP contribution in [-0.4, -0.2) is 82.0 Å². The Kier molecular flexibility index (Phi) is 14.5. The van der Waals surface area contributed by atoms with Crippen molar-refractivity contribution in [1.82, 2.24) is 16.0 Å². The molecule has 0 radical (unpaired) electrons. The van der Waals surface area contributed by atoms with Gasteiger partial charge in [-0.05, 0) is 37.2 Å². The lowest BCUT2D eigenvalue weighted by atomic mass is 10.0. The zero-order chi connectivity index (χ0) is 26.4. The van der Waals surface area contributed by atoms with Crippen LogP contribution in [0.3, 0.4) is 0 Å². The smallest absolute Gasteiger partial charge is 0.326 e. The Hall–Kier alpha value is -2.87. The summed E-state index contributed by atoms with van der Waals surface area (Å²) < 4.78 is 0. The number of nitrogens with one attached hydrogen (secondary N) is 3. The lowest BCUT2D eigenvalue weighted by molar-refractivity contribution is -0.144. The molecule has 14 heteroatoms. The summed E-state index contributed by atoms with van der Waals surface area (Å²) in [5.74, 6) is -5.59. The summed E-state index contributed by atoms with van der Waals surface area (Å²) in [6.07, 6.45) is 0.915. The number of carbonyl (C=O) groups excluding carboxylic acids is 4. The number of carboxylic acids is 2. The lowest BCUT2D eigenvalue weighted by Gasteiger charge is -2.24. The Morgan fingerprint density at radius 3 is 1.85 bits per heavy atom. The molecule has 0 aliphatic heterocycles. The van der Waals surface area contributed by atoms with E-state index in [-0.39, 0.29) is 25.2 Å². The molecule has 194 valence electrons. The fourth-order valence-electron chi connectivity index (χ4n) is 2.83. The quantitative estimate of drug-likeness (QED) is 0.119. The summed E-state index contributed by atoms with van der Waals surface area (Å²) in [5.41, 5.74) is 10.9. The maximum absolute atomic E-state index is 12.8. The molecule has 0 aromatic carbocycles. The first kappa shape index (κ1) is 31.1. The number of primary amides is 1. The van der Waals surface area contributed by atoms with Crippen LogP contribution < -0.4 is 27.4 Å². The van der Waals surface area contributed by atoms with E-state index < -0.39 is 66.2 Å². The fraction of sp³-hybridized carbons (Fsp3) is 0.700. The Bertz CT molecular complexity index is 748. The molecule has 4 atom stereocenters. The van der Waals surface area contributed by atoms with Gasteiger partial charge in [-0.3, -0.25) is 24.0 Å². The minimum atomic E-state index is -1.63. The molecule has 4 amide bonds. The van der Waals surface area contributed by atoms with E-state index in [1.807, 2.05) is 6.26 Å². The minimum absolute atomic E-state index is 0.0834. The van der Waals surface area contributed by atoms with Gasteiger partial charge in [0.15, 0.2) is 0 Å². The molecule has 0 aliphatic rings. The lowest BCUT2D eigenvalue weighted by Crippen LogP contribution is -2.57. The first-order chi connectivity index (χ1) is 15.8. The summed E-state index contributed by atoms with van der Waals surface area (Å²) in [4.78, 5) is 71.6. The molecule has 0 rings (SSSR count). The second-order valence-corrected chi connectivity index (χ2v) is 9.13. The number of carboxylic acid groups (broad SMARTS) is 2. The average Bonchev–Trinajstić information content (AvgIpc) is 2.72. The molecule has 0 bridgehead atoms. The number of hydrogen-bond acceptors (Lipinski definition) is 8. The van der Waals surface area contributed by atoms with Gasteiger partial charge in [0.25, 0.3) is 0 Å². The molecule has 34 heavy (non-hydrogen) atoms. The standard InChI is InChI=1S/C20H35N5O8S/c1-10(2)8-14(20(32)33)25-19(31)13(9-16(27)28)24-18(30)12(4-5-15(22)26)23-17(29)11(21)6-7-34-3/h10-14H,4-9,21H2,1-3H3,(H2,22,26)(H,23,29)(H,24,30)(H,25,31)(H,27,28)(H,32,33). The van der Waals surface area contributed by atoms with Crippen molar-refractivity contribution in [2.75, 3.05) is 12.0 Å². The second-order valence-electron chi connectivity index (χ2n) is 8.14. The van der Waals surface area contributed by atoms with E-state index in [2.05, 4.69) is 16.0 Å². The monoisotopic (exact) mass is 505 g/mol. The Labute approximate surface area is 202 Å². The van der Waals surface area contributed by atoms with Gasteiger partial charge in [-0.15, -0.1) is 0 Å². The van der Waals surface area contributed by atoms with Gasteiger partial charge in [0, 0.05) is 6.42 Å². The molecule has 4 unspecified atom stereocenters. The molecule has 0 spiro atoms. The average molecular weight is 506 g/mol. The van der Waals surface area contributed by atoms with Crippen LogP contribution in [0.15, 0.2) is 0 Å². The highest BCUT2D eigenvalue weighted by Gasteiger charge is 2.32. The predicted molar refractivity (Wildman–Crippen MR) is 125 cm³/mol. The maximum Gasteiger partial charge on any atom is 0.326 e. The molecule has 0 aromatic heterocycles. The molecule has 13 nitrogen and oxygen atoms in total. The van der Waals surface area contributed by atoms with E-state index in [0.29, 0.717) is 12.2 Å². The molecule has 0 aromatic rings. The number of aliphatic carboxylic acids is 2. The third-order valence-electron chi connectivity index (χ3n) is 4.62. The Balaban J connectivity index is 5.54. The van der Waals surface area contributed by atoms with Crippen molar-refractivity contribution in [3.8, 4) is 0 Å². The highest BCUT2D eigenvalue weighted by Crippen LogP contribution is 2.07. The minimum Gasteiger partial charge on any atom is -0.481 e. The summed E-state index contributed by atoms with van der Waals surface area (Å²) in [6, 6.07) is -5.17. The van der Waals surface area contributed by atoms with E-state index in [4.69, 9.17) is 16.6 Å². The number of thioether (sulfide) groups is 1. The van der Waals surface area contributed by atoms with Crippen molar-refractivity contribution >= 4 is 47.3 Å². The van der Waals surface area contributed by atoms with Crippen molar-refractivity contribution in [1.29, 1.82) is 0 Å². The molecule has 0 heterocycles. The van der Waals surface area contributed by atoms with E-state index >= 15 is 0 Å². The summed E-state index contributed by atoms with van der Waals surface area (Å²) >= 11 is 1.47. The van der Waals surface area contributed by atoms with E-state index in [1.54, 1.807) is 13.8 Å². The van der Waals surface area contributed by atoms with Crippen molar-refractivity contribution in [3.63, 3.8) is 0 Å². The second kappa shape index (κ2) is 15.9. The van der Waals surface area contributed by atoms with Gasteiger partial charge in [-0.2, -0.15) is 11.8 Å². The number of carbonyl (C=O) groups is 6. The van der Waals surface area contributed by atoms with Gasteiger partial charge < -0.3 is 37.6 Å². The Morgan fingerprint density at radius 2 is 1.38 bits per heavy atom. The zero-order valence-electron chi connectivity index (χ0n) is 19.5. The van der Waals surface area contributed by atoms with Crippen LogP contribution in [0, 0.1) is 5.92 Å². The normalized spacial score (nSPS) is 14.4. The van der Waals surface area contributed by atoms with Crippen LogP contribution >= 0.6 is 11.8 Å². The highest BCUT2D eigenvalue weighted by molar-refractivity contribution is 7.98. The summed E-state index contributed by atoms with van der Waals surface area (Å²) in [7, 11) is 0. The Morgan fingerprint density at radius 1 is 0.853 bits per heavy atom. The number of hydrogen-bond donors (Lipinski definition) is 7. The van der Waals surface area contributed by atoms with Crippen LogP contribution in [-0.2, 0) is 28.8 Å². The van der Waals surface area contributed by atoms with Crippen molar-refractivity contribution in [2.45, 2.75) is 70.1 Å². The predicted octanol–water partition coefficient (Wildman–Crippen LogP) is -1.61. The van der Waals surface area contributed by atoms with Crippen LogP contribution in [0.2, 0.25) is 0 Å². The third-order valence-corrected chi connectivity index (χ3v) is 5.26. The van der Waals surface area contributed by atoms with Gasteiger partial charge in [0.1, 0.15) is 18.1 Å².